The Morgan fingerprint density at radius 1 is 1.04 bits per heavy atom. The molecule has 0 atom stereocenters. The van der Waals surface area contributed by atoms with Crippen LogP contribution >= 0.6 is 11.6 Å². The number of piperazine rings is 1. The lowest BCUT2D eigenvalue weighted by atomic mass is 10.3. The van der Waals surface area contributed by atoms with Crippen LogP contribution in [-0.2, 0) is 10.0 Å². The van der Waals surface area contributed by atoms with E-state index in [0.717, 1.165) is 0 Å². The second-order valence-corrected chi connectivity index (χ2v) is 7.61. The van der Waals surface area contributed by atoms with Gasteiger partial charge in [0.05, 0.1) is 4.90 Å². The number of rotatable bonds is 3. The number of aromatic nitrogens is 1. The molecular weight excluding hydrogens is 338 g/mol. The summed E-state index contributed by atoms with van der Waals surface area (Å²) in [6, 6.07) is 9.56. The molecule has 0 unspecified atom stereocenters. The first-order valence-corrected chi connectivity index (χ1v) is 8.99. The quantitative estimate of drug-likeness (QED) is 0.914. The molecule has 2 heterocycles. The van der Waals surface area contributed by atoms with Crippen molar-refractivity contribution in [1.29, 1.82) is 0 Å². The maximum absolute atomic E-state index is 12.6. The zero-order valence-electron chi connectivity index (χ0n) is 12.3. The summed E-state index contributed by atoms with van der Waals surface area (Å²) in [7, 11) is -3.55. The number of sulfonamides is 1. The van der Waals surface area contributed by atoms with Gasteiger partial charge in [-0.2, -0.15) is 4.31 Å². The number of hydrogen-bond acceptors (Lipinski definition) is 3. The lowest BCUT2D eigenvalue weighted by molar-refractivity contribution is 0.0692. The largest absolute Gasteiger partial charge is 0.357 e. The molecule has 0 radical (unpaired) electrons. The molecule has 1 N–H and O–H groups in total. The van der Waals surface area contributed by atoms with Crippen molar-refractivity contribution in [1.82, 2.24) is 14.2 Å². The van der Waals surface area contributed by atoms with Crippen molar-refractivity contribution in [2.75, 3.05) is 26.2 Å². The maximum Gasteiger partial charge on any atom is 0.270 e. The van der Waals surface area contributed by atoms with Gasteiger partial charge in [0, 0.05) is 37.4 Å². The predicted molar refractivity (Wildman–Crippen MR) is 86.9 cm³/mol. The molecule has 2 aromatic rings. The van der Waals surface area contributed by atoms with Gasteiger partial charge in [-0.25, -0.2) is 8.42 Å². The summed E-state index contributed by atoms with van der Waals surface area (Å²) in [4.78, 5) is 17.0. The van der Waals surface area contributed by atoms with Crippen LogP contribution < -0.4 is 0 Å². The van der Waals surface area contributed by atoms with Crippen LogP contribution in [0.1, 0.15) is 10.5 Å². The van der Waals surface area contributed by atoms with Crippen LogP contribution in [0.2, 0.25) is 5.02 Å². The summed E-state index contributed by atoms with van der Waals surface area (Å²) in [6.45, 7) is 1.28. The molecule has 1 aliphatic rings. The fourth-order valence-corrected chi connectivity index (χ4v) is 4.07. The molecule has 1 saturated heterocycles. The molecular formula is C15H16ClN3O3S. The standard InChI is InChI=1S/C15H16ClN3O3S/c16-12-3-5-13(6-4-12)23(21,22)19-10-8-18(9-11-19)15(20)14-2-1-7-17-14/h1-7,17H,8-11H2. The summed E-state index contributed by atoms with van der Waals surface area (Å²) in [5.41, 5.74) is 0.513. The van der Waals surface area contributed by atoms with Crippen LogP contribution in [0.5, 0.6) is 0 Å². The Morgan fingerprint density at radius 2 is 1.70 bits per heavy atom. The van der Waals surface area contributed by atoms with Gasteiger partial charge in [0.2, 0.25) is 10.0 Å². The van der Waals surface area contributed by atoms with Crippen molar-refractivity contribution in [2.45, 2.75) is 4.90 Å². The van der Waals surface area contributed by atoms with E-state index in [0.29, 0.717) is 23.8 Å². The van der Waals surface area contributed by atoms with Crippen LogP contribution in [0.3, 0.4) is 0 Å². The molecule has 8 heteroatoms. The zero-order valence-corrected chi connectivity index (χ0v) is 13.8. The third-order valence-electron chi connectivity index (χ3n) is 3.81. The van der Waals surface area contributed by atoms with Crippen LogP contribution in [0.15, 0.2) is 47.5 Å². The minimum atomic E-state index is -3.55. The minimum absolute atomic E-state index is 0.112. The number of hydrogen-bond donors (Lipinski definition) is 1. The molecule has 23 heavy (non-hydrogen) atoms. The van der Waals surface area contributed by atoms with Crippen molar-refractivity contribution in [3.8, 4) is 0 Å². The molecule has 1 aliphatic heterocycles. The van der Waals surface area contributed by atoms with Gasteiger partial charge in [0.15, 0.2) is 0 Å². The van der Waals surface area contributed by atoms with Crippen LogP contribution in [-0.4, -0.2) is 54.7 Å². The summed E-state index contributed by atoms with van der Waals surface area (Å²) in [5, 5.41) is 0.491. The van der Waals surface area contributed by atoms with E-state index in [4.69, 9.17) is 11.6 Å². The van der Waals surface area contributed by atoms with E-state index < -0.39 is 10.0 Å². The summed E-state index contributed by atoms with van der Waals surface area (Å²) < 4.78 is 26.6. The van der Waals surface area contributed by atoms with Gasteiger partial charge in [-0.3, -0.25) is 4.79 Å². The Hall–Kier alpha value is -1.83. The number of carbonyl (C=O) groups is 1. The third-order valence-corrected chi connectivity index (χ3v) is 5.97. The highest BCUT2D eigenvalue weighted by molar-refractivity contribution is 7.89. The molecule has 0 aliphatic carbocycles. The number of aromatic amines is 1. The topological polar surface area (TPSA) is 73.5 Å². The summed E-state index contributed by atoms with van der Waals surface area (Å²) in [5.74, 6) is -0.112. The highest BCUT2D eigenvalue weighted by Crippen LogP contribution is 2.20. The van der Waals surface area contributed by atoms with Gasteiger partial charge in [0.1, 0.15) is 5.69 Å². The van der Waals surface area contributed by atoms with Crippen molar-refractivity contribution in [3.63, 3.8) is 0 Å². The van der Waals surface area contributed by atoms with Crippen LogP contribution in [0.25, 0.3) is 0 Å². The normalized spacial score (nSPS) is 16.5. The smallest absolute Gasteiger partial charge is 0.270 e. The molecule has 1 fully saturated rings. The first kappa shape index (κ1) is 16.0. The van der Waals surface area contributed by atoms with Crippen LogP contribution in [0, 0.1) is 0 Å². The molecule has 1 aromatic heterocycles. The average molecular weight is 354 g/mol. The number of benzene rings is 1. The molecule has 3 rings (SSSR count). The highest BCUT2D eigenvalue weighted by atomic mass is 35.5. The SMILES string of the molecule is O=C(c1ccc[nH]1)N1CCN(S(=O)(=O)c2ccc(Cl)cc2)CC1. The van der Waals surface area contributed by atoms with E-state index in [2.05, 4.69) is 4.98 Å². The first-order chi connectivity index (χ1) is 11.0. The fourth-order valence-electron chi connectivity index (χ4n) is 2.52. The number of H-pyrrole nitrogens is 1. The number of nitrogens with one attached hydrogen (secondary N) is 1. The van der Waals surface area contributed by atoms with E-state index in [9.17, 15) is 13.2 Å². The Balaban J connectivity index is 1.69. The lowest BCUT2D eigenvalue weighted by Crippen LogP contribution is -2.50. The fraction of sp³-hybridized carbons (Fsp3) is 0.267. The number of nitrogens with zero attached hydrogens (tertiary/aromatic N) is 2. The number of carbonyl (C=O) groups excluding carboxylic acids is 1. The second-order valence-electron chi connectivity index (χ2n) is 5.23. The van der Waals surface area contributed by atoms with Crippen molar-refractivity contribution >= 4 is 27.5 Å². The van der Waals surface area contributed by atoms with Gasteiger partial charge in [-0.05, 0) is 36.4 Å². The monoisotopic (exact) mass is 353 g/mol. The van der Waals surface area contributed by atoms with Gasteiger partial charge < -0.3 is 9.88 Å². The molecule has 0 bridgehead atoms. The second kappa shape index (κ2) is 6.35. The van der Waals surface area contributed by atoms with E-state index in [1.807, 2.05) is 0 Å². The van der Waals surface area contributed by atoms with Crippen molar-refractivity contribution in [2.24, 2.45) is 0 Å². The Kier molecular flexibility index (Phi) is 4.43. The average Bonchev–Trinajstić information content (AvgIpc) is 3.09. The van der Waals surface area contributed by atoms with Crippen LogP contribution in [0.4, 0.5) is 0 Å². The molecule has 6 nitrogen and oxygen atoms in total. The molecule has 0 spiro atoms. The van der Waals surface area contributed by atoms with E-state index in [1.165, 1.54) is 16.4 Å². The van der Waals surface area contributed by atoms with Crippen molar-refractivity contribution < 1.29 is 13.2 Å². The Labute approximate surface area is 139 Å². The Morgan fingerprint density at radius 3 is 2.26 bits per heavy atom. The molecule has 0 saturated carbocycles. The summed E-state index contributed by atoms with van der Waals surface area (Å²) in [6.07, 6.45) is 1.69. The Bertz CT molecular complexity index is 780. The number of amides is 1. The highest BCUT2D eigenvalue weighted by Gasteiger charge is 2.30. The predicted octanol–water partition coefficient (Wildman–Crippen LogP) is 1.81. The molecule has 1 amide bonds. The van der Waals surface area contributed by atoms with Gasteiger partial charge >= 0.3 is 0 Å². The number of halogens is 1. The van der Waals surface area contributed by atoms with E-state index in [1.54, 1.807) is 35.4 Å². The maximum atomic E-state index is 12.6. The minimum Gasteiger partial charge on any atom is -0.357 e. The third kappa shape index (κ3) is 3.26. The van der Waals surface area contributed by atoms with Gasteiger partial charge in [-0.15, -0.1) is 0 Å². The van der Waals surface area contributed by atoms with Gasteiger partial charge in [-0.1, -0.05) is 11.6 Å². The summed E-state index contributed by atoms with van der Waals surface area (Å²) >= 11 is 5.79. The molecule has 122 valence electrons. The first-order valence-electron chi connectivity index (χ1n) is 7.17. The zero-order chi connectivity index (χ0) is 16.4. The van der Waals surface area contributed by atoms with E-state index >= 15 is 0 Å². The van der Waals surface area contributed by atoms with E-state index in [-0.39, 0.29) is 23.9 Å². The van der Waals surface area contributed by atoms with Gasteiger partial charge in [0.25, 0.3) is 5.91 Å². The lowest BCUT2D eigenvalue weighted by Gasteiger charge is -2.33. The van der Waals surface area contributed by atoms with Crippen molar-refractivity contribution in [3.05, 3.63) is 53.3 Å². The molecule has 1 aromatic carbocycles.